The van der Waals surface area contributed by atoms with E-state index in [2.05, 4.69) is 4.98 Å². The molecule has 3 nitrogen and oxygen atoms in total. The molecule has 0 spiro atoms. The van der Waals surface area contributed by atoms with E-state index in [1.54, 1.807) is 6.20 Å². The third-order valence-corrected chi connectivity index (χ3v) is 3.05. The maximum atomic E-state index is 5.67. The summed E-state index contributed by atoms with van der Waals surface area (Å²) in [6.07, 6.45) is 6.99. The lowest BCUT2D eigenvalue weighted by Gasteiger charge is -2.07. The summed E-state index contributed by atoms with van der Waals surface area (Å²) in [5.41, 5.74) is 0. The van der Waals surface area contributed by atoms with Gasteiger partial charge in [0.2, 0.25) is 5.88 Å². The topological polar surface area (TPSA) is 31.4 Å². The van der Waals surface area contributed by atoms with E-state index < -0.39 is 0 Å². The van der Waals surface area contributed by atoms with E-state index in [4.69, 9.17) is 9.47 Å². The Bertz CT molecular complexity index is 327. The number of pyridine rings is 1. The van der Waals surface area contributed by atoms with Crippen molar-refractivity contribution in [2.75, 3.05) is 13.2 Å². The predicted octanol–water partition coefficient (Wildman–Crippen LogP) is 2.66. The van der Waals surface area contributed by atoms with Crippen LogP contribution in [0.1, 0.15) is 25.7 Å². The van der Waals surface area contributed by atoms with Gasteiger partial charge in [-0.1, -0.05) is 0 Å². The lowest BCUT2D eigenvalue weighted by Crippen LogP contribution is -2.02. The van der Waals surface area contributed by atoms with Gasteiger partial charge in [0.1, 0.15) is 5.75 Å². The van der Waals surface area contributed by atoms with Gasteiger partial charge in [0.15, 0.2) is 0 Å². The highest BCUT2D eigenvalue weighted by Crippen LogP contribution is 2.31. The average Bonchev–Trinajstić information content (AvgIpc) is 3.17. The lowest BCUT2D eigenvalue weighted by molar-refractivity contribution is 0.277. The number of nitrogens with zero attached hydrogens (tertiary/aromatic N) is 1. The maximum absolute atomic E-state index is 5.67. The molecular weight excluding hydrogens is 202 g/mol. The Balaban J connectivity index is 1.52. The van der Waals surface area contributed by atoms with Gasteiger partial charge in [0.05, 0.1) is 13.2 Å². The molecule has 16 heavy (non-hydrogen) atoms. The van der Waals surface area contributed by atoms with Crippen LogP contribution in [-0.4, -0.2) is 18.2 Å². The number of hydrogen-bond donors (Lipinski definition) is 0. The van der Waals surface area contributed by atoms with Crippen LogP contribution in [0.2, 0.25) is 0 Å². The average molecular weight is 219 g/mol. The zero-order valence-electron chi connectivity index (χ0n) is 9.39. The molecule has 0 aliphatic heterocycles. The van der Waals surface area contributed by atoms with Crippen LogP contribution in [0, 0.1) is 11.8 Å². The molecule has 0 unspecified atom stereocenters. The molecule has 3 heteroatoms. The molecule has 3 rings (SSSR count). The summed E-state index contributed by atoms with van der Waals surface area (Å²) in [5, 5.41) is 0. The van der Waals surface area contributed by atoms with Gasteiger partial charge in [-0.25, -0.2) is 4.98 Å². The second kappa shape index (κ2) is 4.32. The largest absolute Gasteiger partial charge is 0.493 e. The SMILES string of the molecule is c1cc(OCC2CC2)cc(OCC2CC2)n1. The van der Waals surface area contributed by atoms with Crippen molar-refractivity contribution >= 4 is 0 Å². The zero-order chi connectivity index (χ0) is 10.8. The Morgan fingerprint density at radius 1 is 1.06 bits per heavy atom. The maximum Gasteiger partial charge on any atom is 0.216 e. The van der Waals surface area contributed by atoms with Crippen molar-refractivity contribution in [2.24, 2.45) is 11.8 Å². The molecule has 0 saturated heterocycles. The van der Waals surface area contributed by atoms with Crippen molar-refractivity contribution in [3.63, 3.8) is 0 Å². The molecule has 1 aromatic rings. The number of hydrogen-bond acceptors (Lipinski definition) is 3. The molecule has 2 aliphatic carbocycles. The van der Waals surface area contributed by atoms with Crippen LogP contribution < -0.4 is 9.47 Å². The Kier molecular flexibility index (Phi) is 2.68. The first kappa shape index (κ1) is 9.94. The van der Waals surface area contributed by atoms with Gasteiger partial charge in [0.25, 0.3) is 0 Å². The van der Waals surface area contributed by atoms with Gasteiger partial charge in [-0.2, -0.15) is 0 Å². The van der Waals surface area contributed by atoms with Crippen molar-refractivity contribution in [1.29, 1.82) is 0 Å². The molecule has 1 heterocycles. The highest BCUT2D eigenvalue weighted by Gasteiger charge is 2.23. The third-order valence-electron chi connectivity index (χ3n) is 3.05. The molecule has 2 aliphatic rings. The summed E-state index contributed by atoms with van der Waals surface area (Å²) in [4.78, 5) is 4.18. The van der Waals surface area contributed by atoms with E-state index in [1.165, 1.54) is 25.7 Å². The van der Waals surface area contributed by atoms with Crippen molar-refractivity contribution in [2.45, 2.75) is 25.7 Å². The number of ether oxygens (including phenoxy) is 2. The first-order valence-electron chi connectivity index (χ1n) is 6.12. The quantitative estimate of drug-likeness (QED) is 0.737. The first-order valence-corrected chi connectivity index (χ1v) is 6.12. The van der Waals surface area contributed by atoms with Gasteiger partial charge in [-0.15, -0.1) is 0 Å². The standard InChI is InChI=1S/C13H17NO2/c1-2-10(1)8-15-12-5-6-14-13(7-12)16-9-11-3-4-11/h5-7,10-11H,1-4,8-9H2. The third kappa shape index (κ3) is 2.87. The lowest BCUT2D eigenvalue weighted by atomic mass is 10.4. The fourth-order valence-electron chi connectivity index (χ4n) is 1.55. The summed E-state index contributed by atoms with van der Waals surface area (Å²) in [5.74, 6) is 3.12. The van der Waals surface area contributed by atoms with Crippen LogP contribution in [0.25, 0.3) is 0 Å². The van der Waals surface area contributed by atoms with Gasteiger partial charge < -0.3 is 9.47 Å². The number of rotatable bonds is 6. The molecule has 0 N–H and O–H groups in total. The molecule has 0 amide bonds. The predicted molar refractivity (Wildman–Crippen MR) is 60.7 cm³/mol. The van der Waals surface area contributed by atoms with Crippen molar-refractivity contribution < 1.29 is 9.47 Å². The summed E-state index contributed by atoms with van der Waals surface area (Å²) < 4.78 is 11.3. The van der Waals surface area contributed by atoms with Gasteiger partial charge in [0, 0.05) is 12.3 Å². The van der Waals surface area contributed by atoms with E-state index in [9.17, 15) is 0 Å². The molecule has 86 valence electrons. The minimum Gasteiger partial charge on any atom is -0.493 e. The fraction of sp³-hybridized carbons (Fsp3) is 0.615. The molecule has 0 aromatic carbocycles. The monoisotopic (exact) mass is 219 g/mol. The minimum atomic E-state index is 0.695. The van der Waals surface area contributed by atoms with E-state index in [0.717, 1.165) is 30.8 Å². The van der Waals surface area contributed by atoms with Crippen LogP contribution in [0.4, 0.5) is 0 Å². The summed E-state index contributed by atoms with van der Waals surface area (Å²) in [6, 6.07) is 3.79. The van der Waals surface area contributed by atoms with E-state index in [0.29, 0.717) is 5.88 Å². The summed E-state index contributed by atoms with van der Waals surface area (Å²) in [7, 11) is 0. The van der Waals surface area contributed by atoms with Crippen LogP contribution in [-0.2, 0) is 0 Å². The molecule has 0 bridgehead atoms. The van der Waals surface area contributed by atoms with E-state index in [-0.39, 0.29) is 0 Å². The van der Waals surface area contributed by atoms with Crippen molar-refractivity contribution in [1.82, 2.24) is 4.98 Å². The van der Waals surface area contributed by atoms with Gasteiger partial charge >= 0.3 is 0 Å². The van der Waals surface area contributed by atoms with Crippen LogP contribution in [0.3, 0.4) is 0 Å². The smallest absolute Gasteiger partial charge is 0.216 e. The van der Waals surface area contributed by atoms with Crippen LogP contribution in [0.15, 0.2) is 18.3 Å². The molecule has 1 aromatic heterocycles. The minimum absolute atomic E-state index is 0.695. The van der Waals surface area contributed by atoms with E-state index in [1.807, 2.05) is 12.1 Å². The Hall–Kier alpha value is -1.25. The normalized spacial score (nSPS) is 19.5. The number of aromatic nitrogens is 1. The molecule has 0 radical (unpaired) electrons. The second-order valence-corrected chi connectivity index (χ2v) is 4.84. The first-order chi connectivity index (χ1) is 7.90. The highest BCUT2D eigenvalue weighted by molar-refractivity contribution is 5.26. The second-order valence-electron chi connectivity index (χ2n) is 4.84. The summed E-state index contributed by atoms with van der Waals surface area (Å²) in [6.45, 7) is 1.64. The molecule has 2 saturated carbocycles. The van der Waals surface area contributed by atoms with Gasteiger partial charge in [-0.3, -0.25) is 0 Å². The molecule has 0 atom stereocenters. The fourth-order valence-corrected chi connectivity index (χ4v) is 1.55. The highest BCUT2D eigenvalue weighted by atomic mass is 16.5. The Labute approximate surface area is 95.8 Å². The zero-order valence-corrected chi connectivity index (χ0v) is 9.39. The molecule has 2 fully saturated rings. The Morgan fingerprint density at radius 3 is 2.44 bits per heavy atom. The van der Waals surface area contributed by atoms with Crippen LogP contribution >= 0.6 is 0 Å². The summed E-state index contributed by atoms with van der Waals surface area (Å²) >= 11 is 0. The Morgan fingerprint density at radius 2 is 1.75 bits per heavy atom. The van der Waals surface area contributed by atoms with Gasteiger partial charge in [-0.05, 0) is 43.6 Å². The van der Waals surface area contributed by atoms with Crippen molar-refractivity contribution in [3.8, 4) is 11.6 Å². The van der Waals surface area contributed by atoms with Crippen molar-refractivity contribution in [3.05, 3.63) is 18.3 Å². The van der Waals surface area contributed by atoms with E-state index >= 15 is 0 Å². The van der Waals surface area contributed by atoms with Crippen LogP contribution in [0.5, 0.6) is 11.6 Å². The molecular formula is C13H17NO2.